The number of allylic oxidation sites excluding steroid dienone is 1. The fourth-order valence-electron chi connectivity index (χ4n) is 1.23. The highest BCUT2D eigenvalue weighted by Gasteiger charge is 2.03. The molecule has 96 valence electrons. The van der Waals surface area contributed by atoms with Crippen LogP contribution in [0.3, 0.4) is 0 Å². The second-order valence-corrected chi connectivity index (χ2v) is 3.57. The van der Waals surface area contributed by atoms with E-state index in [1.807, 2.05) is 0 Å². The molecular formula is C13H15NO4. The summed E-state index contributed by atoms with van der Waals surface area (Å²) >= 11 is 0. The quantitative estimate of drug-likeness (QED) is 0.384. The minimum absolute atomic E-state index is 0.311. The summed E-state index contributed by atoms with van der Waals surface area (Å²) in [6.07, 6.45) is 1.33. The van der Waals surface area contributed by atoms with Gasteiger partial charge in [0.25, 0.3) is 5.91 Å². The van der Waals surface area contributed by atoms with Crippen molar-refractivity contribution >= 4 is 17.6 Å². The maximum atomic E-state index is 11.5. The van der Waals surface area contributed by atoms with E-state index in [-0.39, 0.29) is 5.91 Å². The molecule has 0 aliphatic heterocycles. The van der Waals surface area contributed by atoms with Gasteiger partial charge in [0.2, 0.25) is 0 Å². The van der Waals surface area contributed by atoms with Crippen LogP contribution in [-0.2, 0) is 14.3 Å². The maximum absolute atomic E-state index is 11.5. The highest BCUT2D eigenvalue weighted by molar-refractivity contribution is 5.99. The van der Waals surface area contributed by atoms with Crippen molar-refractivity contribution in [3.8, 4) is 5.75 Å². The highest BCUT2D eigenvalue weighted by atomic mass is 16.5. The van der Waals surface area contributed by atoms with Crippen LogP contribution >= 0.6 is 0 Å². The number of methoxy groups -OCH3 is 1. The van der Waals surface area contributed by atoms with Crippen LogP contribution in [-0.4, -0.2) is 19.0 Å². The van der Waals surface area contributed by atoms with E-state index < -0.39 is 5.97 Å². The first-order valence-corrected chi connectivity index (χ1v) is 5.33. The molecule has 0 fully saturated rings. The smallest absolute Gasteiger partial charge is 0.308 e. The fourth-order valence-corrected chi connectivity index (χ4v) is 1.23. The zero-order valence-corrected chi connectivity index (χ0v) is 10.5. The largest absolute Gasteiger partial charge is 0.501 e. The molecule has 5 heteroatoms. The molecule has 18 heavy (non-hydrogen) atoms. The molecule has 0 aliphatic carbocycles. The summed E-state index contributed by atoms with van der Waals surface area (Å²) < 4.78 is 9.77. The minimum Gasteiger partial charge on any atom is -0.501 e. The lowest BCUT2D eigenvalue weighted by Gasteiger charge is -2.06. The van der Waals surface area contributed by atoms with Crippen LogP contribution in [0.2, 0.25) is 0 Å². The number of esters is 1. The number of carbonyl (C=O) groups is 2. The van der Waals surface area contributed by atoms with E-state index in [1.165, 1.54) is 20.1 Å². The topological polar surface area (TPSA) is 64.6 Å². The predicted molar refractivity (Wildman–Crippen MR) is 67.1 cm³/mol. The van der Waals surface area contributed by atoms with Gasteiger partial charge in [-0.05, 0) is 19.1 Å². The molecule has 1 aromatic rings. The zero-order valence-electron chi connectivity index (χ0n) is 10.5. The van der Waals surface area contributed by atoms with Gasteiger partial charge in [-0.25, -0.2) is 0 Å². The molecule has 1 amide bonds. The summed E-state index contributed by atoms with van der Waals surface area (Å²) in [5.41, 5.74) is 0.541. The third-order valence-electron chi connectivity index (χ3n) is 2.02. The number of ether oxygens (including phenoxy) is 2. The third kappa shape index (κ3) is 4.69. The molecule has 0 heterocycles. The van der Waals surface area contributed by atoms with Gasteiger partial charge in [-0.15, -0.1) is 0 Å². The molecule has 0 spiro atoms. The van der Waals surface area contributed by atoms with Gasteiger partial charge < -0.3 is 14.8 Å². The summed E-state index contributed by atoms with van der Waals surface area (Å²) in [4.78, 5) is 22.3. The first-order chi connectivity index (χ1) is 8.51. The van der Waals surface area contributed by atoms with Crippen LogP contribution < -0.4 is 10.1 Å². The van der Waals surface area contributed by atoms with E-state index in [4.69, 9.17) is 9.47 Å². The van der Waals surface area contributed by atoms with Crippen LogP contribution in [0.4, 0.5) is 5.69 Å². The summed E-state index contributed by atoms with van der Waals surface area (Å²) in [5, 5.41) is 2.63. The van der Waals surface area contributed by atoms with E-state index in [2.05, 4.69) is 5.32 Å². The number of rotatable bonds is 4. The molecule has 0 saturated heterocycles. The van der Waals surface area contributed by atoms with Crippen molar-refractivity contribution in [1.82, 2.24) is 0 Å². The number of carbonyl (C=O) groups excluding carboxylic acids is 2. The van der Waals surface area contributed by atoms with Crippen molar-refractivity contribution < 1.29 is 19.1 Å². The van der Waals surface area contributed by atoms with Crippen molar-refractivity contribution in [2.24, 2.45) is 0 Å². The number of amides is 1. The molecule has 1 rings (SSSR count). The van der Waals surface area contributed by atoms with Gasteiger partial charge in [0, 0.05) is 24.8 Å². The second kappa shape index (κ2) is 6.44. The van der Waals surface area contributed by atoms with Gasteiger partial charge >= 0.3 is 5.97 Å². The van der Waals surface area contributed by atoms with Crippen LogP contribution in [0.5, 0.6) is 5.75 Å². The molecule has 0 radical (unpaired) electrons. The summed E-state index contributed by atoms with van der Waals surface area (Å²) in [5.74, 6) is 0.166. The summed E-state index contributed by atoms with van der Waals surface area (Å²) in [6.45, 7) is 2.99. The Balaban J connectivity index is 2.73. The van der Waals surface area contributed by atoms with E-state index in [1.54, 1.807) is 31.2 Å². The van der Waals surface area contributed by atoms with Crippen LogP contribution in [0.1, 0.15) is 13.8 Å². The maximum Gasteiger partial charge on any atom is 0.308 e. The van der Waals surface area contributed by atoms with Crippen molar-refractivity contribution in [2.45, 2.75) is 13.8 Å². The van der Waals surface area contributed by atoms with Gasteiger partial charge in [-0.2, -0.15) is 0 Å². The monoisotopic (exact) mass is 249 g/mol. The molecule has 0 aliphatic rings. The van der Waals surface area contributed by atoms with E-state index >= 15 is 0 Å². The molecule has 1 N–H and O–H groups in total. The fraction of sp³-hybridized carbons (Fsp3) is 0.231. The van der Waals surface area contributed by atoms with E-state index in [0.29, 0.717) is 17.2 Å². The Morgan fingerprint density at radius 2 is 2.00 bits per heavy atom. The van der Waals surface area contributed by atoms with Crippen LogP contribution in [0.15, 0.2) is 36.1 Å². The van der Waals surface area contributed by atoms with Crippen molar-refractivity contribution in [1.29, 1.82) is 0 Å². The second-order valence-electron chi connectivity index (χ2n) is 3.57. The molecular weight excluding hydrogens is 234 g/mol. The third-order valence-corrected chi connectivity index (χ3v) is 2.02. The Kier molecular flexibility index (Phi) is 4.92. The average Bonchev–Trinajstić information content (AvgIpc) is 2.28. The van der Waals surface area contributed by atoms with Crippen LogP contribution in [0, 0.1) is 0 Å². The van der Waals surface area contributed by atoms with Gasteiger partial charge in [-0.1, -0.05) is 6.07 Å². The first kappa shape index (κ1) is 13.8. The molecule has 0 bridgehead atoms. The summed E-state index contributed by atoms with van der Waals surface area (Å²) in [6, 6.07) is 6.57. The Morgan fingerprint density at radius 1 is 1.28 bits per heavy atom. The standard InChI is InChI=1S/C13H15NO4/c1-9(17-3)7-13(16)14-11-5-4-6-12(8-11)18-10(2)15/h4-8H,1-3H3,(H,14,16)/b9-7-. The summed E-state index contributed by atoms with van der Waals surface area (Å²) in [7, 11) is 1.49. The predicted octanol–water partition coefficient (Wildman–Crippen LogP) is 2.10. The zero-order chi connectivity index (χ0) is 13.5. The minimum atomic E-state index is -0.409. The Labute approximate surface area is 105 Å². The first-order valence-electron chi connectivity index (χ1n) is 5.33. The lowest BCUT2D eigenvalue weighted by molar-refractivity contribution is -0.131. The van der Waals surface area contributed by atoms with Crippen molar-refractivity contribution in [3.63, 3.8) is 0 Å². The molecule has 0 saturated carbocycles. The van der Waals surface area contributed by atoms with Crippen LogP contribution in [0.25, 0.3) is 0 Å². The van der Waals surface area contributed by atoms with Crippen molar-refractivity contribution in [3.05, 3.63) is 36.1 Å². The van der Waals surface area contributed by atoms with E-state index in [9.17, 15) is 9.59 Å². The van der Waals surface area contributed by atoms with Gasteiger partial charge in [0.15, 0.2) is 0 Å². The average molecular weight is 249 g/mol. The number of anilines is 1. The molecule has 0 aromatic heterocycles. The highest BCUT2D eigenvalue weighted by Crippen LogP contribution is 2.17. The van der Waals surface area contributed by atoms with Gasteiger partial charge in [-0.3, -0.25) is 9.59 Å². The van der Waals surface area contributed by atoms with E-state index in [0.717, 1.165) is 0 Å². The van der Waals surface area contributed by atoms with Gasteiger partial charge in [0.05, 0.1) is 12.9 Å². The molecule has 5 nitrogen and oxygen atoms in total. The lowest BCUT2D eigenvalue weighted by Crippen LogP contribution is -2.09. The van der Waals surface area contributed by atoms with Crippen molar-refractivity contribution in [2.75, 3.05) is 12.4 Å². The Bertz CT molecular complexity index is 480. The molecule has 0 atom stereocenters. The van der Waals surface area contributed by atoms with Gasteiger partial charge in [0.1, 0.15) is 5.75 Å². The number of nitrogens with one attached hydrogen (secondary N) is 1. The molecule has 0 unspecified atom stereocenters. The number of hydrogen-bond donors (Lipinski definition) is 1. The normalized spacial score (nSPS) is 10.7. The Hall–Kier alpha value is -2.30. The lowest BCUT2D eigenvalue weighted by atomic mass is 10.3. The SMILES string of the molecule is CO/C(C)=C\C(=O)Nc1cccc(OC(C)=O)c1. The number of benzene rings is 1. The molecule has 1 aromatic carbocycles. The number of hydrogen-bond acceptors (Lipinski definition) is 4. The Morgan fingerprint density at radius 3 is 2.61 bits per heavy atom.